The summed E-state index contributed by atoms with van der Waals surface area (Å²) >= 11 is 1.64. The number of nitrogens with one attached hydrogen (secondary N) is 1. The third-order valence-electron chi connectivity index (χ3n) is 2.05. The molecule has 0 unspecified atom stereocenters. The molecule has 0 spiro atoms. The minimum atomic E-state index is -2.09. The minimum Gasteiger partial charge on any atom is -0.371 e. The summed E-state index contributed by atoms with van der Waals surface area (Å²) in [6, 6.07) is 2.09. The maximum Gasteiger partial charge on any atom is 0.104 e. The molecule has 2 rings (SSSR count). The van der Waals surface area contributed by atoms with Crippen molar-refractivity contribution in [1.29, 1.82) is 0 Å². The summed E-state index contributed by atoms with van der Waals surface area (Å²) in [7, 11) is 0. The third-order valence-corrected chi connectivity index (χ3v) is 3.10. The Kier molecular flexibility index (Phi) is 1.59. The topological polar surface area (TPSA) is 21.3 Å². The Labute approximate surface area is 80.8 Å². The molecule has 1 atom stereocenters. The van der Waals surface area contributed by atoms with E-state index in [0.717, 1.165) is 11.3 Å². The Morgan fingerprint density at radius 3 is 3.83 bits per heavy atom. The average molecular weight is 186 g/mol. The quantitative estimate of drug-likeness (QED) is 0.757. The number of hydrogen-bond donors (Lipinski definition) is 1. The lowest BCUT2D eigenvalue weighted by atomic mass is 10.1. The van der Waals surface area contributed by atoms with Crippen molar-refractivity contribution >= 4 is 11.3 Å². The fourth-order valence-corrected chi connectivity index (χ4v) is 2.47. The van der Waals surface area contributed by atoms with Crippen LogP contribution in [0.2, 0.25) is 0 Å². The molecule has 3 heteroatoms. The SMILES string of the molecule is [2H]C([2H])([2H])NC[C@@H]1OCCc2ccsc21. The highest BCUT2D eigenvalue weighted by Crippen LogP contribution is 2.30. The van der Waals surface area contributed by atoms with Crippen molar-refractivity contribution in [2.45, 2.75) is 12.5 Å². The van der Waals surface area contributed by atoms with Gasteiger partial charge in [-0.05, 0) is 30.4 Å². The molecule has 1 aliphatic rings. The van der Waals surface area contributed by atoms with Crippen LogP contribution in [0.1, 0.15) is 20.7 Å². The first-order chi connectivity index (χ1) is 7.06. The number of fused-ring (bicyclic) bond motifs is 1. The van der Waals surface area contributed by atoms with Crippen molar-refractivity contribution in [3.8, 4) is 0 Å². The summed E-state index contributed by atoms with van der Waals surface area (Å²) in [6.45, 7) is -1.06. The molecule has 0 radical (unpaired) electrons. The summed E-state index contributed by atoms with van der Waals surface area (Å²) in [4.78, 5) is 1.16. The van der Waals surface area contributed by atoms with Gasteiger partial charge < -0.3 is 10.1 Å². The van der Waals surface area contributed by atoms with Gasteiger partial charge in [-0.3, -0.25) is 0 Å². The average Bonchev–Trinajstić information content (AvgIpc) is 2.61. The van der Waals surface area contributed by atoms with Crippen LogP contribution in [0, 0.1) is 0 Å². The van der Waals surface area contributed by atoms with E-state index >= 15 is 0 Å². The second-order valence-corrected chi connectivity index (χ2v) is 3.75. The highest BCUT2D eigenvalue weighted by Gasteiger charge is 2.20. The third kappa shape index (κ3) is 1.40. The number of ether oxygens (including phenoxy) is 1. The number of rotatable bonds is 2. The van der Waals surface area contributed by atoms with E-state index in [1.807, 2.05) is 5.38 Å². The Balaban J connectivity index is 2.01. The van der Waals surface area contributed by atoms with Crippen molar-refractivity contribution in [3.63, 3.8) is 0 Å². The van der Waals surface area contributed by atoms with Gasteiger partial charge in [0.2, 0.25) is 0 Å². The second-order valence-electron chi connectivity index (χ2n) is 2.80. The van der Waals surface area contributed by atoms with Gasteiger partial charge >= 0.3 is 0 Å². The molecule has 1 aromatic rings. The van der Waals surface area contributed by atoms with Gasteiger partial charge in [0.25, 0.3) is 0 Å². The van der Waals surface area contributed by atoms with E-state index in [2.05, 4.69) is 11.4 Å². The molecule has 0 aliphatic carbocycles. The lowest BCUT2D eigenvalue weighted by Gasteiger charge is -2.22. The van der Waals surface area contributed by atoms with Gasteiger partial charge in [-0.15, -0.1) is 11.3 Å². The van der Waals surface area contributed by atoms with E-state index in [-0.39, 0.29) is 6.10 Å². The lowest BCUT2D eigenvalue weighted by molar-refractivity contribution is 0.0469. The summed E-state index contributed by atoms with van der Waals surface area (Å²) in [5.74, 6) is 0. The molecule has 0 saturated carbocycles. The molecule has 12 heavy (non-hydrogen) atoms. The molecule has 0 amide bonds. The first-order valence-electron chi connectivity index (χ1n) is 5.49. The second kappa shape index (κ2) is 3.56. The maximum absolute atomic E-state index is 7.07. The zero-order valence-electron chi connectivity index (χ0n) is 9.67. The molecule has 2 heterocycles. The van der Waals surface area contributed by atoms with Crippen LogP contribution in [0.4, 0.5) is 0 Å². The van der Waals surface area contributed by atoms with Gasteiger partial charge in [-0.2, -0.15) is 0 Å². The lowest BCUT2D eigenvalue weighted by Crippen LogP contribution is -2.23. The molecule has 1 aliphatic heterocycles. The van der Waals surface area contributed by atoms with E-state index in [0.29, 0.717) is 13.2 Å². The largest absolute Gasteiger partial charge is 0.371 e. The fourth-order valence-electron chi connectivity index (χ4n) is 1.47. The van der Waals surface area contributed by atoms with Gasteiger partial charge in [-0.1, -0.05) is 0 Å². The molecular formula is C9H13NOS. The van der Waals surface area contributed by atoms with Crippen LogP contribution < -0.4 is 5.32 Å². The standard InChI is InChI=1S/C9H13NOS/c1-10-6-8-9-7(2-4-11-8)3-5-12-9/h3,5,8,10H,2,4,6H2,1H3/t8-/m0/s1/i1D3. The summed E-state index contributed by atoms with van der Waals surface area (Å²) in [5, 5.41) is 4.53. The van der Waals surface area contributed by atoms with Crippen molar-refractivity contribution < 1.29 is 8.85 Å². The monoisotopic (exact) mass is 186 g/mol. The molecule has 0 fully saturated rings. The van der Waals surface area contributed by atoms with E-state index in [9.17, 15) is 0 Å². The summed E-state index contributed by atoms with van der Waals surface area (Å²) in [6.07, 6.45) is 0.831. The number of thiophene rings is 1. The van der Waals surface area contributed by atoms with Crippen LogP contribution in [0.3, 0.4) is 0 Å². The van der Waals surface area contributed by atoms with Crippen LogP contribution in [0.25, 0.3) is 0 Å². The summed E-state index contributed by atoms with van der Waals surface area (Å²) < 4.78 is 26.8. The van der Waals surface area contributed by atoms with E-state index in [4.69, 9.17) is 8.85 Å². The van der Waals surface area contributed by atoms with Gasteiger partial charge in [0.1, 0.15) is 6.10 Å². The van der Waals surface area contributed by atoms with E-state index in [1.165, 1.54) is 5.56 Å². The highest BCUT2D eigenvalue weighted by molar-refractivity contribution is 7.10. The van der Waals surface area contributed by atoms with E-state index in [1.54, 1.807) is 11.3 Å². The van der Waals surface area contributed by atoms with Crippen LogP contribution >= 0.6 is 11.3 Å². The normalized spacial score (nSPS) is 27.0. The van der Waals surface area contributed by atoms with Gasteiger partial charge in [0.05, 0.1) is 6.61 Å². The first kappa shape index (κ1) is 5.37. The van der Waals surface area contributed by atoms with Crippen LogP contribution in [-0.2, 0) is 11.2 Å². The van der Waals surface area contributed by atoms with Crippen molar-refractivity contribution in [2.24, 2.45) is 0 Å². The Morgan fingerprint density at radius 2 is 2.92 bits per heavy atom. The minimum absolute atomic E-state index is 0.103. The molecule has 0 bridgehead atoms. The highest BCUT2D eigenvalue weighted by atomic mass is 32.1. The van der Waals surface area contributed by atoms with Crippen molar-refractivity contribution in [2.75, 3.05) is 20.1 Å². The van der Waals surface area contributed by atoms with Crippen LogP contribution in [0.15, 0.2) is 11.4 Å². The molecule has 0 aromatic carbocycles. The van der Waals surface area contributed by atoms with E-state index < -0.39 is 6.98 Å². The first-order valence-corrected chi connectivity index (χ1v) is 4.87. The molecular weight excluding hydrogens is 170 g/mol. The van der Waals surface area contributed by atoms with Gasteiger partial charge in [0, 0.05) is 15.5 Å². The van der Waals surface area contributed by atoms with Crippen molar-refractivity contribution in [3.05, 3.63) is 21.9 Å². The smallest absolute Gasteiger partial charge is 0.104 e. The molecule has 1 aromatic heterocycles. The number of hydrogen-bond acceptors (Lipinski definition) is 3. The van der Waals surface area contributed by atoms with Gasteiger partial charge in [-0.25, -0.2) is 0 Å². The Bertz CT molecular complexity index is 336. The van der Waals surface area contributed by atoms with Crippen molar-refractivity contribution in [1.82, 2.24) is 5.32 Å². The summed E-state index contributed by atoms with van der Waals surface area (Å²) in [5.41, 5.74) is 1.29. The predicted octanol–water partition coefficient (Wildman–Crippen LogP) is 1.58. The Hall–Kier alpha value is -0.380. The molecule has 0 saturated heterocycles. The fraction of sp³-hybridized carbons (Fsp3) is 0.556. The number of likely N-dealkylation sites (N-methyl/N-ethyl adjacent to an activating group) is 1. The zero-order valence-corrected chi connectivity index (χ0v) is 7.49. The Morgan fingerprint density at radius 1 is 1.92 bits per heavy atom. The van der Waals surface area contributed by atoms with Crippen LogP contribution in [0.5, 0.6) is 0 Å². The molecule has 66 valence electrons. The zero-order chi connectivity index (χ0) is 10.9. The predicted molar refractivity (Wildman–Crippen MR) is 50.6 cm³/mol. The van der Waals surface area contributed by atoms with Crippen LogP contribution in [-0.4, -0.2) is 20.1 Å². The molecule has 2 nitrogen and oxygen atoms in total. The molecule has 1 N–H and O–H groups in total. The maximum atomic E-state index is 7.07. The van der Waals surface area contributed by atoms with Gasteiger partial charge in [0.15, 0.2) is 0 Å².